The van der Waals surface area contributed by atoms with Gasteiger partial charge < -0.3 is 6.15 Å². The number of alkyl halides is 1. The van der Waals surface area contributed by atoms with Gasteiger partial charge in [0.2, 0.25) is 0 Å². The van der Waals surface area contributed by atoms with Crippen molar-refractivity contribution in [2.45, 2.75) is 199 Å². The zero-order valence-electron chi connectivity index (χ0n) is 23.7. The van der Waals surface area contributed by atoms with Crippen molar-refractivity contribution in [3.63, 3.8) is 0 Å². The van der Waals surface area contributed by atoms with Gasteiger partial charge in [-0.1, -0.05) is 175 Å². The summed E-state index contributed by atoms with van der Waals surface area (Å²) < 4.78 is 0. The van der Waals surface area contributed by atoms with Gasteiger partial charge >= 0.3 is 0 Å². The predicted octanol–water partition coefficient (Wildman–Crippen LogP) is 12.7. The Kier molecular flexibility index (Phi) is 30.6. The molecule has 2 heteroatoms. The van der Waals surface area contributed by atoms with Gasteiger partial charge in [0.1, 0.15) is 0 Å². The van der Waals surface area contributed by atoms with Gasteiger partial charge in [0.05, 0.1) is 0 Å². The fourth-order valence-corrected chi connectivity index (χ4v) is 5.50. The Morgan fingerprint density at radius 1 is 0.333 bits per heavy atom. The third-order valence-corrected chi connectivity index (χ3v) is 8.00. The van der Waals surface area contributed by atoms with Crippen molar-refractivity contribution in [3.8, 4) is 0 Å². The summed E-state index contributed by atoms with van der Waals surface area (Å²) in [5.74, 6) is 0. The molecule has 0 saturated carbocycles. The second-order valence-electron chi connectivity index (χ2n) is 10.8. The second kappa shape index (κ2) is 28.5. The summed E-state index contributed by atoms with van der Waals surface area (Å²) in [7, 11) is 0. The van der Waals surface area contributed by atoms with Gasteiger partial charge in [-0.2, -0.15) is 0 Å². The Hall–Kier alpha value is 0.250. The van der Waals surface area contributed by atoms with E-state index in [0.717, 1.165) is 0 Å². The van der Waals surface area contributed by atoms with Crippen molar-refractivity contribution in [1.82, 2.24) is 6.15 Å². The van der Waals surface area contributed by atoms with Crippen LogP contribution in [0, 0.1) is 0 Å². The van der Waals surface area contributed by atoms with Crippen molar-refractivity contribution in [2.24, 2.45) is 0 Å². The minimum absolute atomic E-state index is 0. The average molecular weight is 488 g/mol. The van der Waals surface area contributed by atoms with Crippen LogP contribution in [0.1, 0.15) is 194 Å². The number of hydrogen-bond donors (Lipinski definition) is 1. The molecule has 0 spiro atoms. The van der Waals surface area contributed by atoms with E-state index < -0.39 is 0 Å². The maximum absolute atomic E-state index is 7.28. The number of halogens is 1. The van der Waals surface area contributed by atoms with Crippen LogP contribution in [-0.2, 0) is 0 Å². The van der Waals surface area contributed by atoms with Gasteiger partial charge in [-0.15, -0.1) is 11.6 Å². The SMILES string of the molecule is CCCCCCCCCCC(Cl)(CCCCCCCCCC)CCCCCCCCCC.N. The Morgan fingerprint density at radius 2 is 0.515 bits per heavy atom. The van der Waals surface area contributed by atoms with Crippen LogP contribution in [0.5, 0.6) is 0 Å². The summed E-state index contributed by atoms with van der Waals surface area (Å²) >= 11 is 7.28. The van der Waals surface area contributed by atoms with E-state index in [1.54, 1.807) is 0 Å². The molecule has 0 rings (SSSR count). The molecule has 202 valence electrons. The number of rotatable bonds is 27. The van der Waals surface area contributed by atoms with Gasteiger partial charge in [0.25, 0.3) is 0 Å². The first-order chi connectivity index (χ1) is 15.7. The standard InChI is InChI=1S/C31H63Cl.H3N/c1-4-7-10-13-16-19-22-25-28-31(32,29-26-23-20-17-14-11-8-5-2)30-27-24-21-18-15-12-9-6-3;/h4-30H2,1-3H3;1H3. The molecular weight excluding hydrogens is 422 g/mol. The lowest BCUT2D eigenvalue weighted by Gasteiger charge is -2.27. The largest absolute Gasteiger partial charge is 0.344 e. The van der Waals surface area contributed by atoms with Gasteiger partial charge in [-0.05, 0) is 19.3 Å². The van der Waals surface area contributed by atoms with Crippen LogP contribution in [0.25, 0.3) is 0 Å². The first kappa shape index (κ1) is 35.4. The molecule has 0 aromatic rings. The molecule has 0 amide bonds. The summed E-state index contributed by atoms with van der Waals surface area (Å²) in [5, 5.41) is 0. The van der Waals surface area contributed by atoms with Crippen molar-refractivity contribution in [2.75, 3.05) is 0 Å². The molecule has 0 saturated heterocycles. The highest BCUT2D eigenvalue weighted by molar-refractivity contribution is 6.23. The third-order valence-electron chi connectivity index (χ3n) is 7.44. The smallest absolute Gasteiger partial charge is 0.0446 e. The zero-order chi connectivity index (χ0) is 23.6. The van der Waals surface area contributed by atoms with Crippen molar-refractivity contribution in [1.29, 1.82) is 0 Å². The van der Waals surface area contributed by atoms with Crippen molar-refractivity contribution < 1.29 is 0 Å². The molecule has 0 unspecified atom stereocenters. The molecule has 0 aromatic heterocycles. The van der Waals surface area contributed by atoms with E-state index in [4.69, 9.17) is 11.6 Å². The first-order valence-corrected chi connectivity index (χ1v) is 15.7. The van der Waals surface area contributed by atoms with Gasteiger partial charge in [0.15, 0.2) is 0 Å². The molecule has 0 aliphatic rings. The third kappa shape index (κ3) is 26.7. The molecule has 0 aromatic carbocycles. The van der Waals surface area contributed by atoms with Gasteiger partial charge in [-0.25, -0.2) is 0 Å². The fourth-order valence-electron chi connectivity index (χ4n) is 5.10. The maximum Gasteiger partial charge on any atom is 0.0446 e. The Morgan fingerprint density at radius 3 is 0.727 bits per heavy atom. The summed E-state index contributed by atoms with van der Waals surface area (Å²) in [6.07, 6.45) is 37.6. The van der Waals surface area contributed by atoms with Crippen LogP contribution in [-0.4, -0.2) is 4.87 Å². The minimum Gasteiger partial charge on any atom is -0.344 e. The Balaban J connectivity index is 0. The van der Waals surface area contributed by atoms with E-state index in [0.29, 0.717) is 0 Å². The zero-order valence-corrected chi connectivity index (χ0v) is 24.4. The molecule has 33 heavy (non-hydrogen) atoms. The molecule has 1 nitrogen and oxygen atoms in total. The Bertz CT molecular complexity index is 294. The molecule has 0 aliphatic carbocycles. The summed E-state index contributed by atoms with van der Waals surface area (Å²) in [4.78, 5) is 0.104. The van der Waals surface area contributed by atoms with Crippen LogP contribution in [0.2, 0.25) is 0 Å². The van der Waals surface area contributed by atoms with Crippen molar-refractivity contribution >= 4 is 11.6 Å². The second-order valence-corrected chi connectivity index (χ2v) is 11.6. The molecule has 0 aliphatic heterocycles. The van der Waals surface area contributed by atoms with Crippen LogP contribution in [0.4, 0.5) is 0 Å². The molecule has 0 heterocycles. The van der Waals surface area contributed by atoms with Crippen LogP contribution in [0.15, 0.2) is 0 Å². The van der Waals surface area contributed by atoms with Crippen LogP contribution >= 0.6 is 11.6 Å². The number of hydrogen-bond acceptors (Lipinski definition) is 1. The first-order valence-electron chi connectivity index (χ1n) is 15.4. The number of unbranched alkanes of at least 4 members (excludes halogenated alkanes) is 21. The lowest BCUT2D eigenvalue weighted by Crippen LogP contribution is -2.21. The van der Waals surface area contributed by atoms with Crippen LogP contribution in [0.3, 0.4) is 0 Å². The normalized spacial score (nSPS) is 11.6. The quantitative estimate of drug-likeness (QED) is 0.0906. The predicted molar refractivity (Wildman–Crippen MR) is 155 cm³/mol. The lowest BCUT2D eigenvalue weighted by molar-refractivity contribution is 0.394. The summed E-state index contributed by atoms with van der Waals surface area (Å²) in [5.41, 5.74) is 0. The topological polar surface area (TPSA) is 35.0 Å². The van der Waals surface area contributed by atoms with Gasteiger partial charge in [0, 0.05) is 4.87 Å². The maximum atomic E-state index is 7.28. The van der Waals surface area contributed by atoms with Gasteiger partial charge in [-0.3, -0.25) is 0 Å². The van der Waals surface area contributed by atoms with E-state index in [2.05, 4.69) is 20.8 Å². The van der Waals surface area contributed by atoms with Crippen molar-refractivity contribution in [3.05, 3.63) is 0 Å². The molecule has 0 atom stereocenters. The molecule has 0 fully saturated rings. The van der Waals surface area contributed by atoms with Crippen LogP contribution < -0.4 is 6.15 Å². The molecule has 3 N–H and O–H groups in total. The lowest BCUT2D eigenvalue weighted by atomic mass is 9.88. The summed E-state index contributed by atoms with van der Waals surface area (Å²) in [6, 6.07) is 0. The van der Waals surface area contributed by atoms with E-state index in [1.165, 1.54) is 173 Å². The highest BCUT2D eigenvalue weighted by Crippen LogP contribution is 2.35. The highest BCUT2D eigenvalue weighted by atomic mass is 35.5. The van der Waals surface area contributed by atoms with E-state index in [-0.39, 0.29) is 11.0 Å². The molecule has 0 radical (unpaired) electrons. The average Bonchev–Trinajstić information content (AvgIpc) is 2.79. The van der Waals surface area contributed by atoms with E-state index in [1.807, 2.05) is 0 Å². The monoisotopic (exact) mass is 487 g/mol. The van der Waals surface area contributed by atoms with E-state index >= 15 is 0 Å². The highest BCUT2D eigenvalue weighted by Gasteiger charge is 2.25. The molecule has 0 bridgehead atoms. The van der Waals surface area contributed by atoms with E-state index in [9.17, 15) is 0 Å². The summed E-state index contributed by atoms with van der Waals surface area (Å²) in [6.45, 7) is 6.91. The minimum atomic E-state index is 0. The Labute approximate surface area is 216 Å². The fraction of sp³-hybridized carbons (Fsp3) is 1.00. The molecular formula is C31H66ClN.